The topological polar surface area (TPSA) is 45.8 Å². The Morgan fingerprint density at radius 1 is 1.29 bits per heavy atom. The first-order valence-corrected chi connectivity index (χ1v) is 6.84. The summed E-state index contributed by atoms with van der Waals surface area (Å²) in [7, 11) is 0. The molecule has 2 aromatic heterocycles. The summed E-state index contributed by atoms with van der Waals surface area (Å²) in [5.74, 6) is 0. The van der Waals surface area contributed by atoms with Gasteiger partial charge in [0.1, 0.15) is 0 Å². The zero-order valence-corrected chi connectivity index (χ0v) is 10.3. The quantitative estimate of drug-likeness (QED) is 0.883. The first-order chi connectivity index (χ1) is 8.34. The third-order valence-electron chi connectivity index (χ3n) is 3.30. The molecule has 88 valence electrons. The van der Waals surface area contributed by atoms with Crippen LogP contribution >= 0.6 is 11.3 Å². The van der Waals surface area contributed by atoms with Gasteiger partial charge in [0.05, 0.1) is 5.69 Å². The number of rotatable bonds is 2. The van der Waals surface area contributed by atoms with Crippen molar-refractivity contribution in [1.29, 1.82) is 0 Å². The van der Waals surface area contributed by atoms with Crippen molar-refractivity contribution in [3.05, 3.63) is 49.6 Å². The van der Waals surface area contributed by atoms with Crippen molar-refractivity contribution < 1.29 is 0 Å². The van der Waals surface area contributed by atoms with Crippen LogP contribution in [0, 0.1) is 0 Å². The van der Waals surface area contributed by atoms with Gasteiger partial charge in [-0.15, -0.1) is 11.3 Å². The second-order valence-electron chi connectivity index (χ2n) is 4.42. The van der Waals surface area contributed by atoms with E-state index in [9.17, 15) is 4.79 Å². The molecule has 0 aliphatic heterocycles. The van der Waals surface area contributed by atoms with Gasteiger partial charge in [0.15, 0.2) is 0 Å². The Balaban J connectivity index is 2.02. The Labute approximate surface area is 104 Å². The summed E-state index contributed by atoms with van der Waals surface area (Å²) >= 11 is 1.74. The number of aromatic nitrogens is 2. The third-order valence-corrected chi connectivity index (χ3v) is 4.18. The number of nitrogens with zero attached hydrogens (tertiary/aromatic N) is 1. The van der Waals surface area contributed by atoms with Gasteiger partial charge in [-0.3, -0.25) is 4.79 Å². The van der Waals surface area contributed by atoms with Gasteiger partial charge >= 0.3 is 0 Å². The van der Waals surface area contributed by atoms with Crippen molar-refractivity contribution in [2.45, 2.75) is 32.1 Å². The minimum atomic E-state index is 0.00892. The van der Waals surface area contributed by atoms with E-state index in [0.717, 1.165) is 36.9 Å². The van der Waals surface area contributed by atoms with E-state index >= 15 is 0 Å². The van der Waals surface area contributed by atoms with E-state index in [1.165, 1.54) is 16.9 Å². The molecule has 17 heavy (non-hydrogen) atoms. The molecule has 4 heteroatoms. The Morgan fingerprint density at radius 2 is 2.12 bits per heavy atom. The molecule has 3 rings (SSSR count). The molecule has 0 radical (unpaired) electrons. The predicted octanol–water partition coefficient (Wildman–Crippen LogP) is 2.30. The van der Waals surface area contributed by atoms with E-state index in [1.54, 1.807) is 11.3 Å². The number of fused-ring (bicyclic) bond motifs is 1. The summed E-state index contributed by atoms with van der Waals surface area (Å²) in [4.78, 5) is 13.0. The predicted molar refractivity (Wildman–Crippen MR) is 68.6 cm³/mol. The maximum atomic E-state index is 11.7. The Bertz CT molecular complexity index is 572. The Kier molecular flexibility index (Phi) is 2.81. The average Bonchev–Trinajstić information content (AvgIpc) is 2.86. The van der Waals surface area contributed by atoms with E-state index < -0.39 is 0 Å². The number of H-pyrrole nitrogens is 1. The van der Waals surface area contributed by atoms with Crippen LogP contribution in [0.5, 0.6) is 0 Å². The van der Waals surface area contributed by atoms with Crippen molar-refractivity contribution in [2.75, 3.05) is 0 Å². The SMILES string of the molecule is O=c1[nH]nc(Cc2cccs2)c2c1CCCC2. The van der Waals surface area contributed by atoms with Gasteiger partial charge in [-0.1, -0.05) is 6.07 Å². The summed E-state index contributed by atoms with van der Waals surface area (Å²) in [5, 5.41) is 8.95. The molecule has 0 unspecified atom stereocenters. The number of thiophene rings is 1. The monoisotopic (exact) mass is 246 g/mol. The molecule has 0 amide bonds. The smallest absolute Gasteiger partial charge is 0.267 e. The highest BCUT2D eigenvalue weighted by Gasteiger charge is 2.17. The number of hydrogen-bond acceptors (Lipinski definition) is 3. The molecular formula is C13H14N2OS. The molecule has 0 atom stereocenters. The fourth-order valence-corrected chi connectivity index (χ4v) is 3.16. The normalized spacial score (nSPS) is 14.6. The first-order valence-electron chi connectivity index (χ1n) is 5.96. The zero-order valence-electron chi connectivity index (χ0n) is 9.53. The maximum Gasteiger partial charge on any atom is 0.267 e. The van der Waals surface area contributed by atoms with Crippen LogP contribution in [0.2, 0.25) is 0 Å². The lowest BCUT2D eigenvalue weighted by Crippen LogP contribution is -2.22. The third kappa shape index (κ3) is 2.05. The largest absolute Gasteiger partial charge is 0.268 e. The zero-order chi connectivity index (χ0) is 11.7. The first kappa shape index (κ1) is 10.7. The number of nitrogens with one attached hydrogen (secondary N) is 1. The Hall–Kier alpha value is -1.42. The van der Waals surface area contributed by atoms with Gasteiger partial charge in [0, 0.05) is 16.9 Å². The van der Waals surface area contributed by atoms with Crippen LogP contribution in [-0.2, 0) is 19.3 Å². The number of hydrogen-bond donors (Lipinski definition) is 1. The lowest BCUT2D eigenvalue weighted by molar-refractivity contribution is 0.656. The highest BCUT2D eigenvalue weighted by molar-refractivity contribution is 7.09. The molecule has 0 saturated carbocycles. The molecule has 3 nitrogen and oxygen atoms in total. The molecule has 0 bridgehead atoms. The Morgan fingerprint density at radius 3 is 2.88 bits per heavy atom. The lowest BCUT2D eigenvalue weighted by Gasteiger charge is -2.16. The molecule has 2 aromatic rings. The van der Waals surface area contributed by atoms with Gasteiger partial charge in [0.25, 0.3) is 5.56 Å². The molecule has 0 fully saturated rings. The molecule has 0 aromatic carbocycles. The molecule has 1 N–H and O–H groups in total. The van der Waals surface area contributed by atoms with Gasteiger partial charge in [-0.05, 0) is 42.7 Å². The molecule has 2 heterocycles. The van der Waals surface area contributed by atoms with Gasteiger partial charge in [0.2, 0.25) is 0 Å². The van der Waals surface area contributed by atoms with E-state index in [0.29, 0.717) is 0 Å². The van der Waals surface area contributed by atoms with Crippen molar-refractivity contribution in [1.82, 2.24) is 10.2 Å². The summed E-state index contributed by atoms with van der Waals surface area (Å²) in [5.41, 5.74) is 3.24. The average molecular weight is 246 g/mol. The minimum Gasteiger partial charge on any atom is -0.268 e. The summed E-state index contributed by atoms with van der Waals surface area (Å²) in [6.45, 7) is 0. The second-order valence-corrected chi connectivity index (χ2v) is 5.45. The molecule has 0 spiro atoms. The fraction of sp³-hybridized carbons (Fsp3) is 0.385. The standard InChI is InChI=1S/C13H14N2OS/c16-13-11-6-2-1-5-10(11)12(14-15-13)8-9-4-3-7-17-9/h3-4,7H,1-2,5-6,8H2,(H,15,16). The van der Waals surface area contributed by atoms with Crippen molar-refractivity contribution >= 4 is 11.3 Å². The molecular weight excluding hydrogens is 232 g/mol. The van der Waals surface area contributed by atoms with Crippen molar-refractivity contribution in [3.8, 4) is 0 Å². The van der Waals surface area contributed by atoms with E-state index in [1.807, 2.05) is 0 Å². The molecule has 1 aliphatic carbocycles. The van der Waals surface area contributed by atoms with Crippen LogP contribution in [0.15, 0.2) is 22.3 Å². The maximum absolute atomic E-state index is 11.7. The highest BCUT2D eigenvalue weighted by Crippen LogP contribution is 2.23. The second kappa shape index (κ2) is 4.45. The van der Waals surface area contributed by atoms with E-state index in [4.69, 9.17) is 0 Å². The van der Waals surface area contributed by atoms with Gasteiger partial charge in [-0.2, -0.15) is 5.10 Å². The van der Waals surface area contributed by atoms with Gasteiger partial charge in [-0.25, -0.2) is 5.10 Å². The van der Waals surface area contributed by atoms with Crippen LogP contribution in [0.1, 0.15) is 34.5 Å². The van der Waals surface area contributed by atoms with E-state index in [2.05, 4.69) is 27.7 Å². The summed E-state index contributed by atoms with van der Waals surface area (Å²) in [6, 6.07) is 4.17. The lowest BCUT2D eigenvalue weighted by atomic mass is 9.91. The van der Waals surface area contributed by atoms with Crippen molar-refractivity contribution in [3.63, 3.8) is 0 Å². The van der Waals surface area contributed by atoms with Crippen LogP contribution in [0.4, 0.5) is 0 Å². The van der Waals surface area contributed by atoms with Crippen LogP contribution in [-0.4, -0.2) is 10.2 Å². The van der Waals surface area contributed by atoms with Crippen LogP contribution in [0.3, 0.4) is 0 Å². The fourth-order valence-electron chi connectivity index (χ4n) is 2.45. The van der Waals surface area contributed by atoms with Crippen molar-refractivity contribution in [2.24, 2.45) is 0 Å². The summed E-state index contributed by atoms with van der Waals surface area (Å²) < 4.78 is 0. The van der Waals surface area contributed by atoms with Crippen LogP contribution < -0.4 is 5.56 Å². The molecule has 0 saturated heterocycles. The highest BCUT2D eigenvalue weighted by atomic mass is 32.1. The minimum absolute atomic E-state index is 0.00892. The summed E-state index contributed by atoms with van der Waals surface area (Å²) in [6.07, 6.45) is 5.06. The van der Waals surface area contributed by atoms with Gasteiger partial charge < -0.3 is 0 Å². The van der Waals surface area contributed by atoms with E-state index in [-0.39, 0.29) is 5.56 Å². The number of aromatic amines is 1. The molecule has 1 aliphatic rings. The van der Waals surface area contributed by atoms with Crippen LogP contribution in [0.25, 0.3) is 0 Å².